The molecule has 670 valence electrons. The predicted octanol–water partition coefficient (Wildman–Crippen LogP) is 24.5. The van der Waals surface area contributed by atoms with E-state index in [2.05, 4.69) is 0 Å². The van der Waals surface area contributed by atoms with E-state index in [1.807, 2.05) is 192 Å². The van der Waals surface area contributed by atoms with Crippen molar-refractivity contribution in [1.29, 1.82) is 0 Å². The van der Waals surface area contributed by atoms with Crippen molar-refractivity contribution in [3.63, 3.8) is 0 Å². The van der Waals surface area contributed by atoms with Crippen LogP contribution in [0.5, 0.6) is 11.5 Å². The number of carbonyl (C=O) groups is 12. The Kier molecular flexibility index (Phi) is 45.3. The minimum atomic E-state index is -4.47. The van der Waals surface area contributed by atoms with Gasteiger partial charge in [0.05, 0.1) is 34.0 Å². The van der Waals surface area contributed by atoms with Crippen molar-refractivity contribution in [2.24, 2.45) is 76.9 Å². The van der Waals surface area contributed by atoms with Gasteiger partial charge >= 0.3 is 18.1 Å². The summed E-state index contributed by atoms with van der Waals surface area (Å²) in [7, 11) is 0. The molecule has 3 aliphatic rings. The van der Waals surface area contributed by atoms with Gasteiger partial charge in [-0.05, 0) is 86.1 Å². The Morgan fingerprint density at radius 2 is 0.720 bits per heavy atom. The number of carboxylic acid groups (broad SMARTS) is 2. The highest BCUT2D eigenvalue weighted by Gasteiger charge is 2.39. The zero-order valence-corrected chi connectivity index (χ0v) is 75.2. The second-order valence-electron chi connectivity index (χ2n) is 33.9. The molecule has 11 rings (SSSR count). The summed E-state index contributed by atoms with van der Waals surface area (Å²) in [4.78, 5) is 151. The van der Waals surface area contributed by atoms with Crippen LogP contribution >= 0.6 is 0 Å². The maximum absolute atomic E-state index is 12.6. The molecule has 3 fully saturated rings. The van der Waals surface area contributed by atoms with E-state index < -0.39 is 46.2 Å². The predicted molar refractivity (Wildman–Crippen MR) is 483 cm³/mol. The van der Waals surface area contributed by atoms with Crippen molar-refractivity contribution < 1.29 is 90.6 Å². The standard InChI is InChI=1S/C17H22O2.C17H16O2.C16H16O2.C13H16O3.C11H11F3O.C11H18O3.C10H11NO3.C9H16O/c2*1-12(2)16(18)14-10-6-7-11-15(14)17(19)13-8-4-3-5-9-13;1-12(2)16(17)14-10-6-7-11-15(14)18-13-8-4-3-5-9-13;1-9(2)12(14)7-10-5-3-4-6-11(10)8-13(15)16;1-7(2)10(15)8-5-3-4-6-9(8)11(12,13)14;2*1-7(2)10(12)8-5-3-4-6-9(8)11(13)14;1-7(2)9(10)8-5-3-4-6-8/h3-5,8-9,12,14-15H,6-7,10-11H2,1-2H3;3-12H,1-2H3;3-12H,1-2H3;3-6,9H,7-8H2,1-2H3,(H,15,16);3-7H,1-2H3;7-9H,3-6H2,1-2H3,(H,13,14);3-7H,1-2H3;7-8H,3-6H2,1-2H3. The number of alkyl halides is 3. The summed E-state index contributed by atoms with van der Waals surface area (Å²) in [6.45, 7) is 29.3. The van der Waals surface area contributed by atoms with Gasteiger partial charge in [0.1, 0.15) is 34.6 Å². The number of ether oxygens (including phenoxy) is 1. The maximum Gasteiger partial charge on any atom is 0.417 e. The molecule has 4 atom stereocenters. The zero-order chi connectivity index (χ0) is 93.4. The zero-order valence-electron chi connectivity index (χ0n) is 75.2. The van der Waals surface area contributed by atoms with Gasteiger partial charge in [-0.3, -0.25) is 67.6 Å². The number of para-hydroxylation sites is 3. The molecule has 0 saturated heterocycles. The molecule has 0 spiro atoms. The van der Waals surface area contributed by atoms with Gasteiger partial charge in [-0.25, -0.2) is 0 Å². The third-order valence-corrected chi connectivity index (χ3v) is 21.5. The molecule has 0 heterocycles. The van der Waals surface area contributed by atoms with Crippen molar-refractivity contribution in [3.05, 3.63) is 278 Å². The molecule has 125 heavy (non-hydrogen) atoms. The van der Waals surface area contributed by atoms with Crippen molar-refractivity contribution in [2.45, 2.75) is 207 Å². The van der Waals surface area contributed by atoms with Gasteiger partial charge in [0.25, 0.3) is 5.69 Å². The summed E-state index contributed by atoms with van der Waals surface area (Å²) in [5, 5.41) is 28.3. The number of carboxylic acids is 2. The third kappa shape index (κ3) is 34.8. The number of nitro groups is 1. The number of nitrogens with zero attached hydrogens (tertiary/aromatic N) is 1. The fraction of sp³-hybridized carbons (Fsp3) is 0.423. The van der Waals surface area contributed by atoms with Crippen LogP contribution in [0.4, 0.5) is 18.9 Å². The minimum absolute atomic E-state index is 0.000110. The molecule has 3 saturated carbocycles. The Labute approximate surface area is 735 Å². The maximum atomic E-state index is 12.6. The van der Waals surface area contributed by atoms with Gasteiger partial charge < -0.3 is 14.9 Å². The van der Waals surface area contributed by atoms with Crippen LogP contribution in [-0.2, 0) is 47.8 Å². The van der Waals surface area contributed by atoms with Gasteiger partial charge in [0, 0.05) is 111 Å². The van der Waals surface area contributed by atoms with Crippen molar-refractivity contribution in [2.75, 3.05) is 0 Å². The summed E-state index contributed by atoms with van der Waals surface area (Å²) in [5.41, 5.74) is 3.48. The average molecular weight is 1720 g/mol. The molecule has 18 nitrogen and oxygen atoms in total. The minimum Gasteiger partial charge on any atom is -0.481 e. The van der Waals surface area contributed by atoms with Crippen LogP contribution < -0.4 is 4.74 Å². The Hall–Kier alpha value is -11.6. The van der Waals surface area contributed by atoms with Gasteiger partial charge in [-0.1, -0.05) is 319 Å². The lowest BCUT2D eigenvalue weighted by Gasteiger charge is -2.30. The van der Waals surface area contributed by atoms with Crippen molar-refractivity contribution in [1.82, 2.24) is 0 Å². The molecular weight excluding hydrogens is 1590 g/mol. The normalized spacial score (nSPS) is 15.3. The summed E-state index contributed by atoms with van der Waals surface area (Å²) >= 11 is 0. The number of halogens is 3. The van der Waals surface area contributed by atoms with Crippen LogP contribution in [0.3, 0.4) is 0 Å². The molecule has 0 aliphatic heterocycles. The van der Waals surface area contributed by atoms with E-state index >= 15 is 0 Å². The fourth-order valence-electron chi connectivity index (χ4n) is 14.4. The molecule has 8 aromatic rings. The van der Waals surface area contributed by atoms with E-state index in [1.165, 1.54) is 43.2 Å². The largest absolute Gasteiger partial charge is 0.481 e. The van der Waals surface area contributed by atoms with E-state index in [9.17, 15) is 80.8 Å². The monoisotopic (exact) mass is 1720 g/mol. The molecule has 0 amide bonds. The van der Waals surface area contributed by atoms with Crippen LogP contribution in [0, 0.1) is 87.0 Å². The Balaban J connectivity index is 0.000000301. The number of benzene rings is 8. The van der Waals surface area contributed by atoms with Crippen LogP contribution in [0.1, 0.15) is 272 Å². The second kappa shape index (κ2) is 53.5. The van der Waals surface area contributed by atoms with Crippen molar-refractivity contribution >= 4 is 75.5 Å². The lowest BCUT2D eigenvalue weighted by atomic mass is 9.71. The molecule has 4 unspecified atom stereocenters. The van der Waals surface area contributed by atoms with E-state index in [-0.39, 0.29) is 129 Å². The SMILES string of the molecule is CC(C)C(=O)C1CCCC1.CC(C)C(=O)C1CCCCC1C(=O)O.CC(C)C(=O)C1CCCCC1C(=O)c1ccccc1.CC(C)C(=O)Cc1ccccc1CC(=O)O.CC(C)C(=O)c1ccccc1C(=O)c1ccccc1.CC(C)C(=O)c1ccccc1C(F)(F)F.CC(C)C(=O)c1ccccc1Oc1ccccc1.CC(C)C(=O)c1ccccc1[N+](=O)[O-]. The quantitative estimate of drug-likeness (QED) is 0.0275. The summed E-state index contributed by atoms with van der Waals surface area (Å²) in [6.07, 6.45) is 7.88. The first kappa shape index (κ1) is 106. The highest BCUT2D eigenvalue weighted by atomic mass is 19.4. The van der Waals surface area contributed by atoms with E-state index in [0.29, 0.717) is 52.5 Å². The lowest BCUT2D eigenvalue weighted by Crippen LogP contribution is -2.34. The van der Waals surface area contributed by atoms with Gasteiger partial charge in [0.2, 0.25) is 0 Å². The van der Waals surface area contributed by atoms with Crippen LogP contribution in [0.15, 0.2) is 212 Å². The number of Topliss-reactive ketones (excluding diaryl/α,β-unsaturated/α-hetero) is 9. The Morgan fingerprint density at radius 3 is 1.17 bits per heavy atom. The number of ketones is 10. The fourth-order valence-corrected chi connectivity index (χ4v) is 14.4. The number of hydrogen-bond acceptors (Lipinski definition) is 15. The van der Waals surface area contributed by atoms with Crippen LogP contribution in [0.2, 0.25) is 0 Å². The molecule has 21 heteroatoms. The number of aliphatic carboxylic acids is 2. The van der Waals surface area contributed by atoms with Gasteiger partial charge in [0.15, 0.2) is 34.7 Å². The molecular formula is C104H126F3NO17. The third-order valence-electron chi connectivity index (χ3n) is 21.5. The first-order valence-corrected chi connectivity index (χ1v) is 43.4. The molecule has 3 aliphatic carbocycles. The number of hydrogen-bond donors (Lipinski definition) is 2. The summed E-state index contributed by atoms with van der Waals surface area (Å²) in [6, 6.07) is 60.3. The smallest absolute Gasteiger partial charge is 0.417 e. The van der Waals surface area contributed by atoms with Gasteiger partial charge in [-0.2, -0.15) is 13.2 Å². The molecule has 8 aromatic carbocycles. The van der Waals surface area contributed by atoms with E-state index in [4.69, 9.17) is 14.9 Å². The average Bonchev–Trinajstić information content (AvgIpc) is 1.16. The van der Waals surface area contributed by atoms with Crippen LogP contribution in [0.25, 0.3) is 0 Å². The highest BCUT2D eigenvalue weighted by molar-refractivity contribution is 6.16. The number of carbonyl (C=O) groups excluding carboxylic acids is 10. The van der Waals surface area contributed by atoms with E-state index in [0.717, 1.165) is 86.3 Å². The topological polar surface area (TPSA) is 298 Å². The summed E-state index contributed by atoms with van der Waals surface area (Å²) < 4.78 is 43.3. The second-order valence-corrected chi connectivity index (χ2v) is 33.9. The summed E-state index contributed by atoms with van der Waals surface area (Å²) in [5.74, 6) is -0.882. The Morgan fingerprint density at radius 1 is 0.368 bits per heavy atom. The molecule has 2 N–H and O–H groups in total. The number of rotatable bonds is 27. The van der Waals surface area contributed by atoms with E-state index in [1.54, 1.807) is 94.4 Å². The molecule has 0 bridgehead atoms. The Bertz CT molecular complexity index is 4850. The highest BCUT2D eigenvalue weighted by Crippen LogP contribution is 2.37. The first-order valence-electron chi connectivity index (χ1n) is 43.4. The van der Waals surface area contributed by atoms with Crippen molar-refractivity contribution in [3.8, 4) is 11.5 Å². The van der Waals surface area contributed by atoms with Crippen LogP contribution in [-0.4, -0.2) is 84.9 Å². The first-order chi connectivity index (χ1) is 59.0. The molecule has 0 radical (unpaired) electrons. The lowest BCUT2D eigenvalue weighted by molar-refractivity contribution is -0.385. The van der Waals surface area contributed by atoms with Gasteiger partial charge in [-0.15, -0.1) is 0 Å². The number of nitro benzene ring substituents is 1. The molecule has 0 aromatic heterocycles.